The lowest BCUT2D eigenvalue weighted by molar-refractivity contribution is 0.503. The van der Waals surface area contributed by atoms with E-state index in [0.717, 1.165) is 37.4 Å². The fraction of sp³-hybridized carbons (Fsp3) is 0.278. The summed E-state index contributed by atoms with van der Waals surface area (Å²) >= 11 is 0. The van der Waals surface area contributed by atoms with Gasteiger partial charge in [0.25, 0.3) is 5.56 Å². The summed E-state index contributed by atoms with van der Waals surface area (Å²) < 4.78 is 0. The lowest BCUT2D eigenvalue weighted by Crippen LogP contribution is -2.43. The van der Waals surface area contributed by atoms with Crippen LogP contribution >= 0.6 is 0 Å². The highest BCUT2D eigenvalue weighted by Gasteiger charge is 2.20. The Morgan fingerprint density at radius 3 is 2.92 bits per heavy atom. The summed E-state index contributed by atoms with van der Waals surface area (Å²) in [6.07, 6.45) is 3.48. The molecule has 1 aliphatic rings. The molecule has 7 nitrogen and oxygen atoms in total. The third kappa shape index (κ3) is 3.18. The molecule has 3 heterocycles. The zero-order valence-electron chi connectivity index (χ0n) is 13.8. The molecule has 128 valence electrons. The summed E-state index contributed by atoms with van der Waals surface area (Å²) in [6.45, 7) is 1.66. The molecular formula is C18H20N6O. The molecule has 0 saturated carbocycles. The van der Waals surface area contributed by atoms with E-state index in [1.54, 1.807) is 0 Å². The number of rotatable bonds is 3. The number of benzene rings is 1. The maximum absolute atomic E-state index is 12.3. The number of hydrogen-bond acceptors (Lipinski definition) is 6. The van der Waals surface area contributed by atoms with Gasteiger partial charge in [-0.15, -0.1) is 0 Å². The van der Waals surface area contributed by atoms with Crippen molar-refractivity contribution in [3.8, 4) is 0 Å². The van der Waals surface area contributed by atoms with Gasteiger partial charge in [-0.05, 0) is 25.0 Å². The van der Waals surface area contributed by atoms with Gasteiger partial charge in [-0.1, -0.05) is 18.2 Å². The van der Waals surface area contributed by atoms with Crippen LogP contribution in [0, 0.1) is 0 Å². The van der Waals surface area contributed by atoms with Gasteiger partial charge in [-0.25, -0.2) is 9.97 Å². The van der Waals surface area contributed by atoms with E-state index in [1.807, 2.05) is 36.4 Å². The fourth-order valence-corrected chi connectivity index (χ4v) is 3.21. The summed E-state index contributed by atoms with van der Waals surface area (Å²) in [5, 5.41) is 3.70. The molecule has 1 atom stereocenters. The van der Waals surface area contributed by atoms with Crippen LogP contribution in [-0.4, -0.2) is 34.1 Å². The van der Waals surface area contributed by atoms with Crippen molar-refractivity contribution in [2.75, 3.05) is 23.3 Å². The first-order valence-corrected chi connectivity index (χ1v) is 8.42. The van der Waals surface area contributed by atoms with E-state index in [2.05, 4.69) is 20.2 Å². The van der Waals surface area contributed by atoms with Gasteiger partial charge in [-0.2, -0.15) is 0 Å². The number of para-hydroxylation sites is 1. The molecule has 0 aliphatic carbocycles. The maximum Gasteiger partial charge on any atom is 0.262 e. The number of nitrogens with one attached hydrogen (secondary N) is 2. The van der Waals surface area contributed by atoms with Crippen molar-refractivity contribution in [1.82, 2.24) is 15.0 Å². The highest BCUT2D eigenvalue weighted by atomic mass is 16.1. The van der Waals surface area contributed by atoms with Gasteiger partial charge in [0, 0.05) is 30.9 Å². The smallest absolute Gasteiger partial charge is 0.262 e. The van der Waals surface area contributed by atoms with Crippen LogP contribution in [0.1, 0.15) is 12.8 Å². The number of aromatic amines is 1. The number of piperidine rings is 1. The Labute approximate surface area is 144 Å². The Hall–Kier alpha value is -2.93. The number of pyridine rings is 1. The number of hydrogen-bond donors (Lipinski definition) is 3. The summed E-state index contributed by atoms with van der Waals surface area (Å²) in [4.78, 5) is 26.1. The zero-order chi connectivity index (χ0) is 17.2. The second kappa shape index (κ2) is 6.52. The van der Waals surface area contributed by atoms with E-state index in [0.29, 0.717) is 16.7 Å². The monoisotopic (exact) mass is 336 g/mol. The number of nitrogens with two attached hydrogens (primary N) is 1. The van der Waals surface area contributed by atoms with Crippen molar-refractivity contribution in [3.63, 3.8) is 0 Å². The number of aromatic nitrogens is 3. The quantitative estimate of drug-likeness (QED) is 0.676. The molecule has 1 fully saturated rings. The van der Waals surface area contributed by atoms with E-state index in [-0.39, 0.29) is 11.6 Å². The Morgan fingerprint density at radius 2 is 2.12 bits per heavy atom. The Morgan fingerprint density at radius 1 is 1.28 bits per heavy atom. The molecule has 0 amide bonds. The molecular weight excluding hydrogens is 316 g/mol. The van der Waals surface area contributed by atoms with Gasteiger partial charge in [0.2, 0.25) is 0 Å². The first kappa shape index (κ1) is 15.6. The van der Waals surface area contributed by atoms with E-state index in [4.69, 9.17) is 10.7 Å². The highest BCUT2D eigenvalue weighted by molar-refractivity contribution is 5.92. The molecule has 7 heteroatoms. The molecule has 0 radical (unpaired) electrons. The largest absolute Gasteiger partial charge is 0.355 e. The molecule has 1 aliphatic heterocycles. The molecule has 25 heavy (non-hydrogen) atoms. The zero-order valence-corrected chi connectivity index (χ0v) is 13.8. The van der Waals surface area contributed by atoms with Gasteiger partial charge in [0.05, 0.1) is 11.8 Å². The topological polar surface area (TPSA) is 99.9 Å². The molecule has 0 spiro atoms. The maximum atomic E-state index is 12.3. The van der Waals surface area contributed by atoms with Crippen molar-refractivity contribution in [3.05, 3.63) is 53.1 Å². The van der Waals surface area contributed by atoms with E-state index in [9.17, 15) is 4.79 Å². The van der Waals surface area contributed by atoms with Crippen LogP contribution in [0.3, 0.4) is 0 Å². The van der Waals surface area contributed by atoms with Crippen LogP contribution in [0.5, 0.6) is 0 Å². The standard InChI is InChI=1S/C18H20N6O/c19-12-5-4-8-24(10-12)15-9-14-16(18(25)21-11-20-14)17(23-15)22-13-6-2-1-3-7-13/h1-3,6-7,9,11-12H,4-5,8,10,19H2,(H,22,23)(H,20,21,25)/t12-/m1/s1. The number of nitrogens with zero attached hydrogens (tertiary/aromatic N) is 3. The van der Waals surface area contributed by atoms with Crippen LogP contribution in [-0.2, 0) is 0 Å². The second-order valence-corrected chi connectivity index (χ2v) is 6.29. The van der Waals surface area contributed by atoms with Crippen LogP contribution in [0.4, 0.5) is 17.3 Å². The van der Waals surface area contributed by atoms with Crippen LogP contribution in [0.25, 0.3) is 10.9 Å². The van der Waals surface area contributed by atoms with Crippen molar-refractivity contribution in [2.24, 2.45) is 5.73 Å². The normalized spacial score (nSPS) is 17.6. The SMILES string of the molecule is N[C@@H]1CCCN(c2cc3nc[nH]c(=O)c3c(Nc3ccccc3)n2)C1. The van der Waals surface area contributed by atoms with Gasteiger partial charge in [0.15, 0.2) is 0 Å². The predicted octanol–water partition coefficient (Wildman–Crippen LogP) is 1.99. The lowest BCUT2D eigenvalue weighted by Gasteiger charge is -2.32. The highest BCUT2D eigenvalue weighted by Crippen LogP contribution is 2.26. The van der Waals surface area contributed by atoms with Crippen molar-refractivity contribution in [1.29, 1.82) is 0 Å². The van der Waals surface area contributed by atoms with Crippen molar-refractivity contribution in [2.45, 2.75) is 18.9 Å². The van der Waals surface area contributed by atoms with Gasteiger partial charge < -0.3 is 20.9 Å². The predicted molar refractivity (Wildman–Crippen MR) is 99.3 cm³/mol. The van der Waals surface area contributed by atoms with Gasteiger partial charge in [-0.3, -0.25) is 4.79 Å². The lowest BCUT2D eigenvalue weighted by atomic mass is 10.1. The summed E-state index contributed by atoms with van der Waals surface area (Å²) in [7, 11) is 0. The third-order valence-corrected chi connectivity index (χ3v) is 4.43. The van der Waals surface area contributed by atoms with E-state index in [1.165, 1.54) is 6.33 Å². The molecule has 0 unspecified atom stereocenters. The Kier molecular flexibility index (Phi) is 4.07. The second-order valence-electron chi connectivity index (χ2n) is 6.29. The minimum Gasteiger partial charge on any atom is -0.355 e. The van der Waals surface area contributed by atoms with Crippen LogP contribution < -0.4 is 21.5 Å². The van der Waals surface area contributed by atoms with Gasteiger partial charge in [0.1, 0.15) is 17.0 Å². The average molecular weight is 336 g/mol. The summed E-state index contributed by atoms with van der Waals surface area (Å²) in [6, 6.07) is 11.7. The molecule has 1 aromatic carbocycles. The van der Waals surface area contributed by atoms with Crippen molar-refractivity contribution >= 4 is 28.2 Å². The van der Waals surface area contributed by atoms with Crippen LogP contribution in [0.2, 0.25) is 0 Å². The first-order chi connectivity index (χ1) is 12.2. The fourth-order valence-electron chi connectivity index (χ4n) is 3.21. The third-order valence-electron chi connectivity index (χ3n) is 4.43. The molecule has 0 bridgehead atoms. The Bertz CT molecular complexity index is 939. The first-order valence-electron chi connectivity index (χ1n) is 8.42. The van der Waals surface area contributed by atoms with Gasteiger partial charge >= 0.3 is 0 Å². The minimum absolute atomic E-state index is 0.143. The minimum atomic E-state index is -0.210. The Balaban J connectivity index is 1.82. The van der Waals surface area contributed by atoms with E-state index >= 15 is 0 Å². The number of anilines is 3. The molecule has 4 rings (SSSR count). The number of fused-ring (bicyclic) bond motifs is 1. The summed E-state index contributed by atoms with van der Waals surface area (Å²) in [5.74, 6) is 1.30. The van der Waals surface area contributed by atoms with E-state index < -0.39 is 0 Å². The average Bonchev–Trinajstić information content (AvgIpc) is 2.62. The van der Waals surface area contributed by atoms with Crippen molar-refractivity contribution < 1.29 is 0 Å². The number of H-pyrrole nitrogens is 1. The molecule has 4 N–H and O–H groups in total. The molecule has 3 aromatic rings. The van der Waals surface area contributed by atoms with Crippen LogP contribution in [0.15, 0.2) is 47.5 Å². The molecule has 1 saturated heterocycles. The summed E-state index contributed by atoms with van der Waals surface area (Å²) in [5.41, 5.74) is 7.38. The molecule has 2 aromatic heterocycles.